The number of rotatable bonds is 18. The summed E-state index contributed by atoms with van der Waals surface area (Å²) in [5, 5.41) is 81.1. The predicted octanol–water partition coefficient (Wildman–Crippen LogP) is 4.31. The van der Waals surface area contributed by atoms with Crippen molar-refractivity contribution in [1.29, 1.82) is 0 Å². The number of cyclic esters (lactones) is 1. The highest BCUT2D eigenvalue weighted by Gasteiger charge is 2.53. The minimum absolute atomic E-state index is 0.0223. The number of nitrogens with zero attached hydrogens (tertiary/aromatic N) is 7. The highest BCUT2D eigenvalue weighted by Crippen LogP contribution is 2.41. The Morgan fingerprint density at radius 1 is 0.866 bits per heavy atom. The van der Waals surface area contributed by atoms with Crippen LogP contribution in [0, 0.1) is 27.9 Å². The van der Waals surface area contributed by atoms with E-state index in [4.69, 9.17) is 28.4 Å². The lowest BCUT2D eigenvalue weighted by Crippen LogP contribution is -2.61. The number of fused-ring (bicyclic) bond motifs is 1. The van der Waals surface area contributed by atoms with E-state index < -0.39 is 125 Å². The molecule has 18 atom stereocenters. The van der Waals surface area contributed by atoms with Crippen LogP contribution in [0.1, 0.15) is 133 Å². The third-order valence-electron chi connectivity index (χ3n) is 17.7. The van der Waals surface area contributed by atoms with Gasteiger partial charge in [0.05, 0.1) is 63.3 Å². The van der Waals surface area contributed by atoms with E-state index in [2.05, 4.69) is 10.3 Å². The van der Waals surface area contributed by atoms with Gasteiger partial charge in [0.1, 0.15) is 30.0 Å². The monoisotopic (exact) mass is 1150 g/mol. The van der Waals surface area contributed by atoms with Crippen LogP contribution in [0.3, 0.4) is 0 Å². The van der Waals surface area contributed by atoms with Crippen molar-refractivity contribution in [3.63, 3.8) is 0 Å². The zero-order chi connectivity index (χ0) is 60.2. The second kappa shape index (κ2) is 27.0. The number of methoxy groups -OCH3 is 1. The number of aliphatic hydroxyl groups excluding tert-OH is 3. The second-order valence-electron chi connectivity index (χ2n) is 24.3. The molecule has 5 N–H and O–H groups in total. The number of esters is 1. The maximum Gasteiger partial charge on any atom is 0.311 e. The lowest BCUT2D eigenvalue weighted by atomic mass is 9.77. The molecule has 456 valence electrons. The van der Waals surface area contributed by atoms with Crippen LogP contribution >= 0.6 is 0 Å². The quantitative estimate of drug-likeness (QED) is 0.0513. The number of hydrogen-bond acceptors (Lipinski definition) is 20. The van der Waals surface area contributed by atoms with E-state index in [1.54, 1.807) is 89.5 Å². The highest BCUT2D eigenvalue weighted by atomic mass is 16.7. The Kier molecular flexibility index (Phi) is 21.3. The molecule has 0 unspecified atom stereocenters. The number of amides is 2. The van der Waals surface area contributed by atoms with Crippen LogP contribution < -0.4 is 0 Å². The van der Waals surface area contributed by atoms with Crippen LogP contribution in [-0.2, 0) is 52.6 Å². The third kappa shape index (κ3) is 14.6. The molecule has 3 fully saturated rings. The van der Waals surface area contributed by atoms with Crippen molar-refractivity contribution in [2.75, 3.05) is 40.3 Å². The first-order chi connectivity index (χ1) is 38.6. The number of nitro benzene ring substituents is 1. The number of nitro groups is 1. The van der Waals surface area contributed by atoms with Crippen molar-refractivity contribution in [2.24, 2.45) is 17.8 Å². The van der Waals surface area contributed by atoms with Gasteiger partial charge < -0.3 is 58.9 Å². The largest absolute Gasteiger partial charge is 0.459 e. The maximum absolute atomic E-state index is 14.8. The van der Waals surface area contributed by atoms with E-state index >= 15 is 0 Å². The maximum atomic E-state index is 14.8. The molecule has 23 heteroatoms. The summed E-state index contributed by atoms with van der Waals surface area (Å²) in [7, 11) is 3.37. The summed E-state index contributed by atoms with van der Waals surface area (Å²) in [5.41, 5.74) is -2.57. The van der Waals surface area contributed by atoms with E-state index in [1.165, 1.54) is 31.1 Å². The van der Waals surface area contributed by atoms with Crippen LogP contribution in [-0.4, -0.2) is 209 Å². The fourth-order valence-electron chi connectivity index (χ4n) is 12.7. The van der Waals surface area contributed by atoms with Crippen LogP contribution in [0.15, 0.2) is 54.7 Å². The summed E-state index contributed by atoms with van der Waals surface area (Å²) in [5.74, 6) is -4.01. The number of hydrogen-bond donors (Lipinski definition) is 5. The molecule has 82 heavy (non-hydrogen) atoms. The van der Waals surface area contributed by atoms with Gasteiger partial charge in [-0.15, -0.1) is 5.10 Å². The molecule has 4 aliphatic heterocycles. The van der Waals surface area contributed by atoms with E-state index in [9.17, 15) is 50.0 Å². The zero-order valence-corrected chi connectivity index (χ0v) is 49.7. The summed E-state index contributed by atoms with van der Waals surface area (Å²) in [4.78, 5) is 57.4. The first-order valence-electron chi connectivity index (χ1n) is 29.0. The van der Waals surface area contributed by atoms with Gasteiger partial charge >= 0.3 is 5.97 Å². The molecular formula is C59H89N7O16. The number of aromatic nitrogens is 3. The lowest BCUT2D eigenvalue weighted by molar-refractivity contribution is -0.384. The molecule has 2 amide bonds. The summed E-state index contributed by atoms with van der Waals surface area (Å²) in [6.45, 7) is 18.7. The molecule has 0 spiro atoms. The highest BCUT2D eigenvalue weighted by molar-refractivity contribution is 6.21. The summed E-state index contributed by atoms with van der Waals surface area (Å²) >= 11 is 0. The molecule has 0 aliphatic carbocycles. The molecule has 1 aromatic heterocycles. The van der Waals surface area contributed by atoms with Crippen molar-refractivity contribution in [3.8, 4) is 0 Å². The van der Waals surface area contributed by atoms with E-state index in [1.807, 2.05) is 36.9 Å². The fourth-order valence-corrected chi connectivity index (χ4v) is 12.7. The molecule has 3 aromatic rings. The van der Waals surface area contributed by atoms with Gasteiger partial charge in [0.2, 0.25) is 0 Å². The van der Waals surface area contributed by atoms with Gasteiger partial charge in [0.25, 0.3) is 17.5 Å². The molecule has 5 heterocycles. The standard InChI is InChI=1S/C59H89N7O16/c1-13-46-59(10,74)50(68)38(6)63(25-16-26-65-53(70)43-17-14-15-18-44(43)54(65)71)32-34(2)30-57(8,73)52(36(4)49(37(5)55(72)80-46)81-47-31-58(9,77-12)51(69)39(7)79-47)82-56-48(67)45(29-35(3)78-56)62(11)27-24-41-33-64(61-60-41)28-23-40-19-21-42(22-20-40)66(75)76/h14-15,17-22,33-39,45-52,56,67-69,73-74H,13,16,23-32H2,1-12H3/t34-,35-,36+,37-,38-,39+,45+,46-,47+,48-,49+,50-,51+,52-,56+,57-,58-,59-/m1/s1. The molecule has 23 nitrogen and oxygen atoms in total. The van der Waals surface area contributed by atoms with E-state index in [0.29, 0.717) is 49.9 Å². The van der Waals surface area contributed by atoms with E-state index in [-0.39, 0.29) is 50.5 Å². The van der Waals surface area contributed by atoms with Crippen molar-refractivity contribution >= 4 is 23.5 Å². The molecule has 0 radical (unpaired) electrons. The SMILES string of the molecule is CC[C@H]1OC(=O)[C@H](C)[C@@H](O[C@H]2C[C@@](C)(OC)[C@@H](O)[C@H](C)O2)[C@H](C)[C@@H](O[C@@H]2O[C@H](C)C[C@H](N(C)CCc3cn(CCc4ccc([N+](=O)[O-])cc4)nn3)[C@H]2O)[C@](C)(O)C[C@@H](C)CN(CCCN2C(=O)c3ccccc3C2=O)[C@H](C)[C@@H](O)[C@]1(C)O. The van der Waals surface area contributed by atoms with E-state index in [0.717, 1.165) is 11.3 Å². The topological polar surface area (TPSA) is 291 Å². The number of aliphatic hydroxyl groups is 5. The summed E-state index contributed by atoms with van der Waals surface area (Å²) < 4.78 is 40.4. The number of aryl methyl sites for hydroxylation is 2. The van der Waals surface area contributed by atoms with Crippen LogP contribution in [0.25, 0.3) is 0 Å². The number of carbonyl (C=O) groups is 3. The van der Waals surface area contributed by atoms with Gasteiger partial charge in [-0.2, -0.15) is 0 Å². The Balaban J connectivity index is 1.16. The fraction of sp³-hybridized carbons (Fsp3) is 0.712. The number of benzene rings is 2. The molecule has 4 aliphatic rings. The number of likely N-dealkylation sites (N-methyl/N-ethyl adjacent to an activating group) is 1. The van der Waals surface area contributed by atoms with Gasteiger partial charge in [-0.25, -0.2) is 0 Å². The van der Waals surface area contributed by atoms with Crippen molar-refractivity contribution in [3.05, 3.63) is 87.2 Å². The Bertz CT molecular complexity index is 2600. The number of carbonyl (C=O) groups excluding carboxylic acids is 3. The predicted molar refractivity (Wildman–Crippen MR) is 299 cm³/mol. The smallest absolute Gasteiger partial charge is 0.311 e. The average Bonchev–Trinajstić information content (AvgIpc) is 3.68. The number of imide groups is 1. The van der Waals surface area contributed by atoms with Gasteiger partial charge in [0.15, 0.2) is 12.6 Å². The Hall–Kier alpha value is -4.89. The third-order valence-corrected chi connectivity index (χ3v) is 17.7. The molecule has 2 aromatic carbocycles. The minimum Gasteiger partial charge on any atom is -0.459 e. The van der Waals surface area contributed by atoms with Crippen molar-refractivity contribution < 1.29 is 73.3 Å². The van der Waals surface area contributed by atoms with Crippen LogP contribution in [0.2, 0.25) is 0 Å². The van der Waals surface area contributed by atoms with Crippen molar-refractivity contribution in [2.45, 2.75) is 211 Å². The Morgan fingerprint density at radius 3 is 2.15 bits per heavy atom. The zero-order valence-electron chi connectivity index (χ0n) is 49.7. The normalized spacial score (nSPS) is 36.4. The van der Waals surface area contributed by atoms with Crippen LogP contribution in [0.4, 0.5) is 5.69 Å². The van der Waals surface area contributed by atoms with Gasteiger partial charge in [0, 0.05) is 89.0 Å². The van der Waals surface area contributed by atoms with Gasteiger partial charge in [-0.05, 0) is 111 Å². The number of ether oxygens (including phenoxy) is 6. The minimum atomic E-state index is -2.00. The first-order valence-corrected chi connectivity index (χ1v) is 29.0. The Morgan fingerprint density at radius 2 is 1.52 bits per heavy atom. The first kappa shape index (κ1) is 64.7. The van der Waals surface area contributed by atoms with Gasteiger partial charge in [-0.3, -0.25) is 39.0 Å². The molecule has 0 saturated carbocycles. The van der Waals surface area contributed by atoms with Crippen LogP contribution in [0.5, 0.6) is 0 Å². The Labute approximate surface area is 481 Å². The summed E-state index contributed by atoms with van der Waals surface area (Å²) in [6, 6.07) is 11.8. The molecule has 3 saturated heterocycles. The van der Waals surface area contributed by atoms with Gasteiger partial charge in [-0.1, -0.05) is 50.3 Å². The molecule has 7 rings (SSSR count). The van der Waals surface area contributed by atoms with Crippen molar-refractivity contribution in [1.82, 2.24) is 29.7 Å². The molecule has 0 bridgehead atoms. The lowest BCUT2D eigenvalue weighted by Gasteiger charge is -2.49. The molecular weight excluding hydrogens is 1060 g/mol. The average molecular weight is 1150 g/mol. The number of non-ortho nitro benzene ring substituents is 1. The second-order valence-corrected chi connectivity index (χ2v) is 24.3. The summed E-state index contributed by atoms with van der Waals surface area (Å²) in [6.07, 6.45) is -7.09.